The quantitative estimate of drug-likeness (QED) is 0.208. The van der Waals surface area contributed by atoms with Crippen molar-refractivity contribution in [2.75, 3.05) is 19.0 Å². The molecule has 0 aliphatic rings. The molecule has 0 spiro atoms. The standard InChI is InChI=1S/C28H25Br2FN4O4/c1-4-16(2)27-34-23-9-8-18(29)11-21(23)28(37)35(27)32-14-17-10-24(38-3)25(13-22(17)30)39-15-26(36)33-20-7-5-6-19(31)12-20/h5-14,16H,4,15H2,1-3H3,(H,33,36)/t16-/m0/s1. The molecule has 0 aliphatic carbocycles. The fourth-order valence-corrected chi connectivity index (χ4v) is 4.51. The van der Waals surface area contributed by atoms with Crippen LogP contribution in [0.3, 0.4) is 0 Å². The summed E-state index contributed by atoms with van der Waals surface area (Å²) in [6, 6.07) is 14.3. The van der Waals surface area contributed by atoms with E-state index in [0.29, 0.717) is 43.9 Å². The number of rotatable bonds is 9. The highest BCUT2D eigenvalue weighted by Crippen LogP contribution is 2.33. The van der Waals surface area contributed by atoms with Gasteiger partial charge in [-0.3, -0.25) is 9.59 Å². The van der Waals surface area contributed by atoms with Gasteiger partial charge in [0.15, 0.2) is 18.1 Å². The zero-order valence-electron chi connectivity index (χ0n) is 21.4. The molecular formula is C28H25Br2FN4O4. The topological polar surface area (TPSA) is 94.8 Å². The number of carbonyl (C=O) groups is 1. The number of halogens is 3. The minimum absolute atomic E-state index is 0.00447. The van der Waals surface area contributed by atoms with Crippen molar-refractivity contribution in [1.29, 1.82) is 0 Å². The average molecular weight is 660 g/mol. The van der Waals surface area contributed by atoms with Crippen molar-refractivity contribution < 1.29 is 18.7 Å². The van der Waals surface area contributed by atoms with Crippen molar-refractivity contribution in [2.24, 2.45) is 5.10 Å². The Morgan fingerprint density at radius 1 is 1.18 bits per heavy atom. The normalized spacial score (nSPS) is 12.1. The number of aromatic nitrogens is 2. The molecular weight excluding hydrogens is 635 g/mol. The monoisotopic (exact) mass is 658 g/mol. The Morgan fingerprint density at radius 2 is 1.97 bits per heavy atom. The molecule has 0 radical (unpaired) electrons. The van der Waals surface area contributed by atoms with Crippen LogP contribution in [0.4, 0.5) is 10.1 Å². The third-order valence-corrected chi connectivity index (χ3v) is 7.13. The van der Waals surface area contributed by atoms with Crippen LogP contribution in [0.2, 0.25) is 0 Å². The van der Waals surface area contributed by atoms with E-state index in [0.717, 1.165) is 10.9 Å². The molecule has 1 atom stereocenters. The number of nitrogens with one attached hydrogen (secondary N) is 1. The molecule has 0 saturated carbocycles. The van der Waals surface area contributed by atoms with Gasteiger partial charge in [-0.2, -0.15) is 9.78 Å². The molecule has 0 unspecified atom stereocenters. The third kappa shape index (κ3) is 6.72. The van der Waals surface area contributed by atoms with Gasteiger partial charge in [-0.15, -0.1) is 0 Å². The summed E-state index contributed by atoms with van der Waals surface area (Å²) in [5.74, 6) is 0.300. The van der Waals surface area contributed by atoms with Crippen molar-refractivity contribution in [1.82, 2.24) is 9.66 Å². The molecule has 0 fully saturated rings. The smallest absolute Gasteiger partial charge is 0.282 e. The van der Waals surface area contributed by atoms with Gasteiger partial charge >= 0.3 is 0 Å². The Bertz CT molecular complexity index is 1620. The van der Waals surface area contributed by atoms with E-state index in [9.17, 15) is 14.0 Å². The number of nitrogens with zero attached hydrogens (tertiary/aromatic N) is 3. The lowest BCUT2D eigenvalue weighted by Crippen LogP contribution is -2.23. The summed E-state index contributed by atoms with van der Waals surface area (Å²) >= 11 is 6.92. The minimum Gasteiger partial charge on any atom is -0.493 e. The van der Waals surface area contributed by atoms with E-state index in [1.807, 2.05) is 19.9 Å². The molecule has 202 valence electrons. The maximum Gasteiger partial charge on any atom is 0.282 e. The average Bonchev–Trinajstić information content (AvgIpc) is 2.91. The van der Waals surface area contributed by atoms with Gasteiger partial charge in [-0.25, -0.2) is 9.37 Å². The Morgan fingerprint density at radius 3 is 2.69 bits per heavy atom. The van der Waals surface area contributed by atoms with Crippen molar-refractivity contribution >= 4 is 60.6 Å². The number of benzene rings is 3. The van der Waals surface area contributed by atoms with Gasteiger partial charge < -0.3 is 14.8 Å². The fourth-order valence-electron chi connectivity index (χ4n) is 3.73. The SMILES string of the molecule is CC[C@H](C)c1nc2ccc(Br)cc2c(=O)n1N=Cc1cc(OC)c(OCC(=O)Nc2cccc(F)c2)cc1Br. The number of fused-ring (bicyclic) bond motifs is 1. The summed E-state index contributed by atoms with van der Waals surface area (Å²) in [4.78, 5) is 30.4. The second-order valence-corrected chi connectivity index (χ2v) is 10.4. The lowest BCUT2D eigenvalue weighted by atomic mass is 10.1. The molecule has 4 rings (SSSR count). The first-order chi connectivity index (χ1) is 18.7. The van der Waals surface area contributed by atoms with Crippen LogP contribution in [-0.4, -0.2) is 35.5 Å². The molecule has 0 aliphatic heterocycles. The first kappa shape index (κ1) is 28.4. The van der Waals surface area contributed by atoms with Gasteiger partial charge in [-0.05, 0) is 70.9 Å². The lowest BCUT2D eigenvalue weighted by Gasteiger charge is -2.15. The van der Waals surface area contributed by atoms with Crippen molar-refractivity contribution in [3.8, 4) is 11.5 Å². The third-order valence-electron chi connectivity index (χ3n) is 5.95. The molecule has 0 bridgehead atoms. The molecule has 3 aromatic carbocycles. The summed E-state index contributed by atoms with van der Waals surface area (Å²) in [6.45, 7) is 3.70. The van der Waals surface area contributed by atoms with Crippen LogP contribution in [-0.2, 0) is 4.79 Å². The van der Waals surface area contributed by atoms with Crippen LogP contribution in [0.1, 0.15) is 37.6 Å². The summed E-state index contributed by atoms with van der Waals surface area (Å²) in [7, 11) is 1.47. The number of carbonyl (C=O) groups excluding carboxylic acids is 1. The highest BCUT2D eigenvalue weighted by molar-refractivity contribution is 9.10. The Kier molecular flexibility index (Phi) is 9.13. The summed E-state index contributed by atoms with van der Waals surface area (Å²) < 4.78 is 27.2. The summed E-state index contributed by atoms with van der Waals surface area (Å²) in [5.41, 5.74) is 1.27. The van der Waals surface area contributed by atoms with Crippen LogP contribution in [0, 0.1) is 5.82 Å². The van der Waals surface area contributed by atoms with E-state index in [2.05, 4.69) is 42.3 Å². The maximum absolute atomic E-state index is 13.4. The predicted molar refractivity (Wildman–Crippen MR) is 157 cm³/mol. The Hall–Kier alpha value is -3.57. The number of anilines is 1. The molecule has 8 nitrogen and oxygen atoms in total. The first-order valence-electron chi connectivity index (χ1n) is 12.0. The van der Waals surface area contributed by atoms with Gasteiger partial charge in [0.2, 0.25) is 0 Å². The van der Waals surface area contributed by atoms with E-state index in [4.69, 9.17) is 14.5 Å². The van der Waals surface area contributed by atoms with Crippen molar-refractivity contribution in [3.63, 3.8) is 0 Å². The van der Waals surface area contributed by atoms with Crippen LogP contribution in [0.5, 0.6) is 11.5 Å². The van der Waals surface area contributed by atoms with E-state index < -0.39 is 11.7 Å². The Balaban J connectivity index is 1.61. The largest absolute Gasteiger partial charge is 0.493 e. The predicted octanol–water partition coefficient (Wildman–Crippen LogP) is 6.48. The molecule has 11 heteroatoms. The minimum atomic E-state index is -0.461. The van der Waals surface area contributed by atoms with Crippen molar-refractivity contribution in [2.45, 2.75) is 26.2 Å². The second-order valence-electron chi connectivity index (χ2n) is 8.67. The van der Waals surface area contributed by atoms with Gasteiger partial charge in [-0.1, -0.05) is 35.8 Å². The Labute approximate surface area is 241 Å². The zero-order chi connectivity index (χ0) is 28.1. The second kappa shape index (κ2) is 12.5. The van der Waals surface area contributed by atoms with Gasteiger partial charge in [0, 0.05) is 26.1 Å². The van der Waals surface area contributed by atoms with E-state index in [1.54, 1.807) is 30.3 Å². The van der Waals surface area contributed by atoms with Crippen molar-refractivity contribution in [3.05, 3.63) is 91.1 Å². The molecule has 39 heavy (non-hydrogen) atoms. The number of amides is 1. The molecule has 1 heterocycles. The summed E-state index contributed by atoms with van der Waals surface area (Å²) in [6.07, 6.45) is 2.31. The first-order valence-corrected chi connectivity index (χ1v) is 13.6. The van der Waals surface area contributed by atoms with Gasteiger partial charge in [0.1, 0.15) is 11.6 Å². The van der Waals surface area contributed by atoms with Crippen LogP contribution < -0.4 is 20.3 Å². The van der Waals surface area contributed by atoms with E-state index >= 15 is 0 Å². The summed E-state index contributed by atoms with van der Waals surface area (Å²) in [5, 5.41) is 7.53. The number of hydrogen-bond donors (Lipinski definition) is 1. The number of methoxy groups -OCH3 is 1. The highest BCUT2D eigenvalue weighted by Gasteiger charge is 2.17. The van der Waals surface area contributed by atoms with Crippen LogP contribution >= 0.6 is 31.9 Å². The zero-order valence-corrected chi connectivity index (χ0v) is 24.5. The lowest BCUT2D eigenvalue weighted by molar-refractivity contribution is -0.118. The fraction of sp³-hybridized carbons (Fsp3) is 0.214. The molecule has 4 aromatic rings. The van der Waals surface area contributed by atoms with Gasteiger partial charge in [0.25, 0.3) is 11.5 Å². The number of hydrogen-bond acceptors (Lipinski definition) is 6. The highest BCUT2D eigenvalue weighted by atomic mass is 79.9. The van der Waals surface area contributed by atoms with E-state index in [-0.39, 0.29) is 18.1 Å². The number of ether oxygens (including phenoxy) is 2. The van der Waals surface area contributed by atoms with Crippen LogP contribution in [0.15, 0.2) is 73.4 Å². The molecule has 0 saturated heterocycles. The van der Waals surface area contributed by atoms with E-state index in [1.165, 1.54) is 36.2 Å². The van der Waals surface area contributed by atoms with Crippen LogP contribution in [0.25, 0.3) is 10.9 Å². The van der Waals surface area contributed by atoms with Gasteiger partial charge in [0.05, 0.1) is 24.2 Å². The molecule has 1 amide bonds. The molecule has 1 N–H and O–H groups in total. The molecule has 1 aromatic heterocycles. The maximum atomic E-state index is 13.4.